The summed E-state index contributed by atoms with van der Waals surface area (Å²) in [5, 5.41) is 22.3. The standard InChI is InChI=1S/C14H12Br2N4O2/c1-2-17-9-3-5-10(6-4-9)18-19-14-12(15)7-11(20(21)22)8-13(14)16/h3-8,17H,2H2,1H3. The van der Waals surface area contributed by atoms with Gasteiger partial charge in [-0.15, -0.1) is 5.11 Å². The van der Waals surface area contributed by atoms with Crippen molar-refractivity contribution in [3.63, 3.8) is 0 Å². The van der Waals surface area contributed by atoms with Gasteiger partial charge in [-0.05, 0) is 63.0 Å². The predicted molar refractivity (Wildman–Crippen MR) is 93.3 cm³/mol. The Morgan fingerprint density at radius 3 is 2.23 bits per heavy atom. The molecule has 22 heavy (non-hydrogen) atoms. The summed E-state index contributed by atoms with van der Waals surface area (Å²) in [4.78, 5) is 10.3. The van der Waals surface area contributed by atoms with Gasteiger partial charge >= 0.3 is 0 Å². The van der Waals surface area contributed by atoms with Gasteiger partial charge in [0.1, 0.15) is 5.69 Å². The maximum atomic E-state index is 10.8. The van der Waals surface area contributed by atoms with Crippen LogP contribution in [0.3, 0.4) is 0 Å². The molecule has 2 aromatic rings. The van der Waals surface area contributed by atoms with Crippen LogP contribution in [0.15, 0.2) is 55.6 Å². The number of halogens is 2. The smallest absolute Gasteiger partial charge is 0.271 e. The van der Waals surface area contributed by atoms with Crippen LogP contribution in [0.5, 0.6) is 0 Å². The van der Waals surface area contributed by atoms with Crippen LogP contribution in [0.1, 0.15) is 6.92 Å². The molecule has 0 radical (unpaired) electrons. The monoisotopic (exact) mass is 426 g/mol. The molecule has 0 saturated heterocycles. The van der Waals surface area contributed by atoms with E-state index in [1.165, 1.54) is 12.1 Å². The number of nitro benzene ring substituents is 1. The van der Waals surface area contributed by atoms with Crippen LogP contribution in [-0.4, -0.2) is 11.5 Å². The van der Waals surface area contributed by atoms with Crippen LogP contribution in [0.4, 0.5) is 22.7 Å². The molecule has 6 nitrogen and oxygen atoms in total. The third-order valence-corrected chi connectivity index (χ3v) is 3.94. The molecule has 0 heterocycles. The lowest BCUT2D eigenvalue weighted by atomic mass is 10.3. The molecule has 0 spiro atoms. The number of benzene rings is 2. The second-order valence-electron chi connectivity index (χ2n) is 4.29. The van der Waals surface area contributed by atoms with Crippen LogP contribution < -0.4 is 5.32 Å². The van der Waals surface area contributed by atoms with E-state index in [9.17, 15) is 10.1 Å². The van der Waals surface area contributed by atoms with Crippen LogP contribution >= 0.6 is 31.9 Å². The zero-order chi connectivity index (χ0) is 16.1. The van der Waals surface area contributed by atoms with Gasteiger partial charge in [-0.25, -0.2) is 0 Å². The number of non-ortho nitro benzene ring substituents is 1. The number of rotatable bonds is 5. The molecule has 2 rings (SSSR count). The highest BCUT2D eigenvalue weighted by molar-refractivity contribution is 9.11. The summed E-state index contributed by atoms with van der Waals surface area (Å²) in [6.07, 6.45) is 0. The maximum absolute atomic E-state index is 10.8. The van der Waals surface area contributed by atoms with Gasteiger partial charge in [0.05, 0.1) is 19.6 Å². The minimum atomic E-state index is -0.462. The Morgan fingerprint density at radius 1 is 1.14 bits per heavy atom. The van der Waals surface area contributed by atoms with Gasteiger partial charge in [-0.1, -0.05) is 0 Å². The number of anilines is 1. The first-order chi connectivity index (χ1) is 10.5. The van der Waals surface area contributed by atoms with E-state index in [1.807, 2.05) is 31.2 Å². The minimum Gasteiger partial charge on any atom is -0.385 e. The molecule has 0 saturated carbocycles. The first-order valence-electron chi connectivity index (χ1n) is 6.40. The lowest BCUT2D eigenvalue weighted by Gasteiger charge is -2.03. The molecule has 0 aromatic heterocycles. The van der Waals surface area contributed by atoms with E-state index >= 15 is 0 Å². The number of nitro groups is 1. The van der Waals surface area contributed by atoms with Crippen LogP contribution in [0.25, 0.3) is 0 Å². The summed E-state index contributed by atoms with van der Waals surface area (Å²) < 4.78 is 1.00. The van der Waals surface area contributed by atoms with E-state index in [1.54, 1.807) is 0 Å². The van der Waals surface area contributed by atoms with Crippen LogP contribution in [0, 0.1) is 10.1 Å². The van der Waals surface area contributed by atoms with Gasteiger partial charge < -0.3 is 5.32 Å². The van der Waals surface area contributed by atoms with Crippen molar-refractivity contribution in [3.05, 3.63) is 55.5 Å². The Hall–Kier alpha value is -1.80. The Morgan fingerprint density at radius 2 is 1.73 bits per heavy atom. The van der Waals surface area contributed by atoms with Crippen molar-refractivity contribution >= 4 is 54.6 Å². The molecule has 0 fully saturated rings. The Bertz CT molecular complexity index is 694. The Labute approximate surface area is 144 Å². The molecule has 0 unspecified atom stereocenters. The lowest BCUT2D eigenvalue weighted by Crippen LogP contribution is -1.94. The molecule has 0 aliphatic rings. The van der Waals surface area contributed by atoms with Crippen molar-refractivity contribution in [2.75, 3.05) is 11.9 Å². The highest BCUT2D eigenvalue weighted by atomic mass is 79.9. The van der Waals surface area contributed by atoms with Gasteiger partial charge in [-0.2, -0.15) is 5.11 Å². The zero-order valence-electron chi connectivity index (χ0n) is 11.6. The summed E-state index contributed by atoms with van der Waals surface area (Å²) in [7, 11) is 0. The van der Waals surface area contributed by atoms with Crippen molar-refractivity contribution in [3.8, 4) is 0 Å². The predicted octanol–water partition coefficient (Wildman–Crippen LogP) is 5.97. The van der Waals surface area contributed by atoms with E-state index < -0.39 is 4.92 Å². The average Bonchev–Trinajstić information content (AvgIpc) is 2.48. The number of azo groups is 1. The first-order valence-corrected chi connectivity index (χ1v) is 7.99. The Kier molecular flexibility index (Phi) is 5.62. The molecule has 8 heteroatoms. The van der Waals surface area contributed by atoms with Crippen molar-refractivity contribution in [1.82, 2.24) is 0 Å². The van der Waals surface area contributed by atoms with Crippen molar-refractivity contribution in [1.29, 1.82) is 0 Å². The number of hydrogen-bond donors (Lipinski definition) is 1. The van der Waals surface area contributed by atoms with Gasteiger partial charge in [0.25, 0.3) is 5.69 Å². The van der Waals surface area contributed by atoms with E-state index in [0.717, 1.165) is 12.2 Å². The highest BCUT2D eigenvalue weighted by Gasteiger charge is 2.13. The average molecular weight is 428 g/mol. The molecule has 0 bridgehead atoms. The summed E-state index contributed by atoms with van der Waals surface area (Å²) in [5.41, 5.74) is 2.19. The topological polar surface area (TPSA) is 79.9 Å². The SMILES string of the molecule is CCNc1ccc(N=Nc2c(Br)cc([N+](=O)[O-])cc2Br)cc1. The molecule has 0 aliphatic carbocycles. The second kappa shape index (κ2) is 7.46. The molecular formula is C14H12Br2N4O2. The molecule has 0 amide bonds. The van der Waals surface area contributed by atoms with E-state index in [4.69, 9.17) is 0 Å². The van der Waals surface area contributed by atoms with Crippen LogP contribution in [0.2, 0.25) is 0 Å². The fraction of sp³-hybridized carbons (Fsp3) is 0.143. The lowest BCUT2D eigenvalue weighted by molar-refractivity contribution is -0.385. The summed E-state index contributed by atoms with van der Waals surface area (Å²) in [6.45, 7) is 2.88. The zero-order valence-corrected chi connectivity index (χ0v) is 14.8. The van der Waals surface area contributed by atoms with E-state index in [0.29, 0.717) is 20.3 Å². The normalized spacial score (nSPS) is 10.9. The van der Waals surface area contributed by atoms with Crippen molar-refractivity contribution in [2.45, 2.75) is 6.92 Å². The summed E-state index contributed by atoms with van der Waals surface area (Å²) >= 11 is 6.55. The summed E-state index contributed by atoms with van der Waals surface area (Å²) in [5.74, 6) is 0. The summed E-state index contributed by atoms with van der Waals surface area (Å²) in [6, 6.07) is 10.3. The molecule has 2 aromatic carbocycles. The van der Waals surface area contributed by atoms with Gasteiger partial charge in [0, 0.05) is 24.4 Å². The number of nitrogens with zero attached hydrogens (tertiary/aromatic N) is 3. The molecule has 114 valence electrons. The number of hydrogen-bond acceptors (Lipinski definition) is 5. The van der Waals surface area contributed by atoms with E-state index in [2.05, 4.69) is 47.4 Å². The van der Waals surface area contributed by atoms with E-state index in [-0.39, 0.29) is 5.69 Å². The molecule has 0 atom stereocenters. The van der Waals surface area contributed by atoms with Gasteiger partial charge in [0.15, 0.2) is 0 Å². The fourth-order valence-electron chi connectivity index (χ4n) is 1.71. The molecule has 1 N–H and O–H groups in total. The quantitative estimate of drug-likeness (QED) is 0.362. The third-order valence-electron chi connectivity index (χ3n) is 2.73. The first kappa shape index (κ1) is 16.6. The fourth-order valence-corrected chi connectivity index (χ4v) is 3.03. The molecule has 0 aliphatic heterocycles. The second-order valence-corrected chi connectivity index (χ2v) is 6.00. The maximum Gasteiger partial charge on any atom is 0.271 e. The minimum absolute atomic E-state index is 0.0207. The third kappa shape index (κ3) is 4.11. The largest absolute Gasteiger partial charge is 0.385 e. The Balaban J connectivity index is 2.24. The van der Waals surface area contributed by atoms with Crippen molar-refractivity contribution in [2.24, 2.45) is 10.2 Å². The highest BCUT2D eigenvalue weighted by Crippen LogP contribution is 2.38. The van der Waals surface area contributed by atoms with Gasteiger partial charge in [0.2, 0.25) is 0 Å². The van der Waals surface area contributed by atoms with Crippen molar-refractivity contribution < 1.29 is 4.92 Å². The van der Waals surface area contributed by atoms with Crippen LogP contribution in [-0.2, 0) is 0 Å². The van der Waals surface area contributed by atoms with Gasteiger partial charge in [-0.3, -0.25) is 10.1 Å². The number of nitrogens with one attached hydrogen (secondary N) is 1. The molecular weight excluding hydrogens is 416 g/mol.